The van der Waals surface area contributed by atoms with E-state index in [0.717, 1.165) is 6.42 Å². The summed E-state index contributed by atoms with van der Waals surface area (Å²) >= 11 is 1.30. The second kappa shape index (κ2) is 20.6. The van der Waals surface area contributed by atoms with Crippen LogP contribution in [-0.2, 0) is 52.3 Å². The molecule has 3 heteroatoms. The number of halogens is 2. The van der Waals surface area contributed by atoms with E-state index < -0.39 is 0 Å². The first-order valence-electron chi connectivity index (χ1n) is 21.1. The van der Waals surface area contributed by atoms with Crippen LogP contribution in [0.4, 0.5) is 0 Å². The van der Waals surface area contributed by atoms with Crippen LogP contribution >= 0.6 is 24.8 Å². The van der Waals surface area contributed by atoms with E-state index in [-0.39, 0.29) is 46.5 Å². The average molecular weight is 919 g/mol. The van der Waals surface area contributed by atoms with Crippen molar-refractivity contribution in [2.24, 2.45) is 11.3 Å². The van der Waals surface area contributed by atoms with E-state index in [2.05, 4.69) is 207 Å². The first-order chi connectivity index (χ1) is 26.8. The molecular weight excluding hydrogens is 847 g/mol. The Balaban J connectivity index is 0.000000299. The number of hydrogen-bond donors (Lipinski definition) is 0. The molecule has 0 N–H and O–H groups in total. The predicted octanol–water partition coefficient (Wildman–Crippen LogP) is 16.2. The van der Waals surface area contributed by atoms with Crippen molar-refractivity contribution in [2.45, 2.75) is 146 Å². The number of benzene rings is 4. The third-order valence-electron chi connectivity index (χ3n) is 11.7. The normalized spacial score (nSPS) is 17.0. The second-order valence-electron chi connectivity index (χ2n) is 20.7. The van der Waals surface area contributed by atoms with Crippen molar-refractivity contribution < 1.29 is 24.2 Å². The van der Waals surface area contributed by atoms with E-state index in [1.54, 1.807) is 0 Å². The molecule has 0 bridgehead atoms. The molecule has 0 nitrogen and oxygen atoms in total. The summed E-state index contributed by atoms with van der Waals surface area (Å²) in [5.41, 5.74) is 20.9. The Morgan fingerprint density at radius 3 is 1.40 bits per heavy atom. The fourth-order valence-corrected chi connectivity index (χ4v) is 8.70. The van der Waals surface area contributed by atoms with Crippen LogP contribution in [0.1, 0.15) is 162 Å². The van der Waals surface area contributed by atoms with E-state index in [1.807, 2.05) is 24.3 Å². The number of rotatable bonds is 0. The molecule has 0 saturated carbocycles. The van der Waals surface area contributed by atoms with Crippen LogP contribution in [0.25, 0.3) is 22.3 Å². The van der Waals surface area contributed by atoms with E-state index in [4.69, 9.17) is 0 Å². The Labute approximate surface area is 394 Å². The van der Waals surface area contributed by atoms with Gasteiger partial charge in [0.1, 0.15) is 0 Å². The Bertz CT molecular complexity index is 2070. The van der Waals surface area contributed by atoms with Crippen LogP contribution in [0, 0.1) is 35.6 Å². The molecular formula is C57H72Cl2Zr-4. The summed E-state index contributed by atoms with van der Waals surface area (Å²) in [5.74, 6) is 0.518. The first kappa shape index (κ1) is 53.3. The van der Waals surface area contributed by atoms with Crippen LogP contribution in [0.15, 0.2) is 96.1 Å². The van der Waals surface area contributed by atoms with Crippen LogP contribution in [0.2, 0.25) is 0 Å². The van der Waals surface area contributed by atoms with Gasteiger partial charge in [-0.25, -0.2) is 11.1 Å². The molecule has 322 valence electrons. The molecule has 4 aromatic carbocycles. The molecule has 4 aliphatic rings. The third-order valence-corrected chi connectivity index (χ3v) is 11.7. The van der Waals surface area contributed by atoms with Crippen molar-refractivity contribution in [3.63, 3.8) is 0 Å². The summed E-state index contributed by atoms with van der Waals surface area (Å²) in [6.45, 7) is 38.0. The van der Waals surface area contributed by atoms with Crippen molar-refractivity contribution in [1.29, 1.82) is 0 Å². The molecule has 0 aromatic heterocycles. The zero-order valence-electron chi connectivity index (χ0n) is 39.9. The van der Waals surface area contributed by atoms with Gasteiger partial charge in [-0.05, 0) is 69.2 Å². The molecule has 4 aliphatic carbocycles. The van der Waals surface area contributed by atoms with Gasteiger partial charge in [-0.1, -0.05) is 146 Å². The summed E-state index contributed by atoms with van der Waals surface area (Å²) in [7, 11) is 0. The molecule has 4 aromatic rings. The molecule has 1 atom stereocenters. The van der Waals surface area contributed by atoms with Crippen LogP contribution in [0.5, 0.6) is 0 Å². The third kappa shape index (κ3) is 12.6. The summed E-state index contributed by atoms with van der Waals surface area (Å²) < 4.78 is 3.34. The van der Waals surface area contributed by atoms with Gasteiger partial charge in [0.05, 0.1) is 0 Å². The summed E-state index contributed by atoms with van der Waals surface area (Å²) in [5, 5.41) is 0. The fraction of sp³-hybridized carbons (Fsp3) is 0.421. The van der Waals surface area contributed by atoms with Gasteiger partial charge in [-0.3, -0.25) is 12.2 Å². The maximum absolute atomic E-state index is 3.65. The number of fused-ring (bicyclic) bond motifs is 5. The monoisotopic (exact) mass is 916 g/mol. The molecule has 0 spiro atoms. The minimum absolute atomic E-state index is 0. The molecule has 0 saturated heterocycles. The van der Waals surface area contributed by atoms with Gasteiger partial charge < -0.3 is 0 Å². The first-order valence-corrected chi connectivity index (χ1v) is 22.8. The molecule has 0 aliphatic heterocycles. The Morgan fingerprint density at radius 2 is 1.03 bits per heavy atom. The van der Waals surface area contributed by atoms with Crippen molar-refractivity contribution >= 4 is 40.2 Å². The van der Waals surface area contributed by atoms with E-state index in [1.165, 1.54) is 102 Å². The van der Waals surface area contributed by atoms with Gasteiger partial charge in [0.2, 0.25) is 0 Å². The SMILES string of the molecule is CC(C)(C)c1cc[c-]cc1.CC(C)(C)c1cc[c-]cc1.CC1=[C-]C(C)(C)c2cc3c(cc21)-c1cc2c(cc1C3)C(C)(C)C=C2C.CC1=[C-]C(C)C=C1C(C)(C)C.Cl.Cl.[CH2]=[Zr]. The van der Waals surface area contributed by atoms with Crippen LogP contribution in [0.3, 0.4) is 0 Å². The van der Waals surface area contributed by atoms with Crippen molar-refractivity contribution in [1.82, 2.24) is 0 Å². The van der Waals surface area contributed by atoms with Gasteiger partial charge in [-0.15, -0.1) is 36.4 Å². The molecule has 0 heterocycles. The average Bonchev–Trinajstić information content (AvgIpc) is 3.82. The fourth-order valence-electron chi connectivity index (χ4n) is 8.70. The van der Waals surface area contributed by atoms with Gasteiger partial charge >= 0.3 is 28.4 Å². The molecule has 60 heavy (non-hydrogen) atoms. The molecule has 0 fully saturated rings. The maximum atomic E-state index is 3.65. The predicted molar refractivity (Wildman–Crippen MR) is 265 cm³/mol. The topological polar surface area (TPSA) is 0 Å². The zero-order valence-corrected chi connectivity index (χ0v) is 44.0. The number of allylic oxidation sites excluding steroid dienone is 8. The second-order valence-corrected chi connectivity index (χ2v) is 20.7. The molecule has 0 radical (unpaired) electrons. The van der Waals surface area contributed by atoms with Gasteiger partial charge in [-0.2, -0.15) is 89.0 Å². The Morgan fingerprint density at radius 1 is 0.600 bits per heavy atom. The summed E-state index contributed by atoms with van der Waals surface area (Å²) in [4.78, 5) is 0. The Kier molecular flexibility index (Phi) is 18.3. The molecule has 0 amide bonds. The zero-order chi connectivity index (χ0) is 43.6. The van der Waals surface area contributed by atoms with E-state index in [0.29, 0.717) is 11.3 Å². The molecule has 8 rings (SSSR count). The molecule has 1 unspecified atom stereocenters. The summed E-state index contributed by atoms with van der Waals surface area (Å²) in [6, 6.07) is 32.1. The van der Waals surface area contributed by atoms with Crippen molar-refractivity contribution in [3.05, 3.63) is 165 Å². The van der Waals surface area contributed by atoms with Gasteiger partial charge in [0.25, 0.3) is 0 Å². The van der Waals surface area contributed by atoms with Crippen LogP contribution in [-0.4, -0.2) is 4.21 Å². The standard InChI is InChI=1S/C25H25.C11H17.2C10H13.CH2.2ClH.Zr/c1-14-12-24(3,4)22-8-16-7-17-9-23-19(15(2)13-25(23,5)6)11-21(17)20(16)10-18(14)22;1-8-6-9(2)10(7-8)11(3,4)5;2*1-10(2,3)9-7-5-4-6-8-9;;;;/h8-12H,7H2,1-6H3;7-8H,1-5H3;2*5-8H,1-3H3;1H2;2*1H;/q4*-1;;;;. The van der Waals surface area contributed by atoms with Crippen molar-refractivity contribution in [2.75, 3.05) is 0 Å². The summed E-state index contributed by atoms with van der Waals surface area (Å²) in [6.07, 6.45) is 12.8. The van der Waals surface area contributed by atoms with Gasteiger partial charge in [0.15, 0.2) is 0 Å². The minimum atomic E-state index is 0. The van der Waals surface area contributed by atoms with Gasteiger partial charge in [0, 0.05) is 5.41 Å². The van der Waals surface area contributed by atoms with Crippen LogP contribution < -0.4 is 0 Å². The number of hydrogen-bond acceptors (Lipinski definition) is 0. The van der Waals surface area contributed by atoms with E-state index >= 15 is 0 Å². The van der Waals surface area contributed by atoms with Crippen molar-refractivity contribution in [3.8, 4) is 11.1 Å². The van der Waals surface area contributed by atoms with E-state index in [9.17, 15) is 0 Å². The Hall–Kier alpha value is -2.83. The quantitative estimate of drug-likeness (QED) is 0.136.